The number of sulfonamides is 1. The van der Waals surface area contributed by atoms with Crippen LogP contribution in [0.4, 0.5) is 32.0 Å². The van der Waals surface area contributed by atoms with E-state index in [2.05, 4.69) is 0 Å². The minimum absolute atomic E-state index is 0.0146. The van der Waals surface area contributed by atoms with Gasteiger partial charge in [0.15, 0.2) is 28.2 Å². The van der Waals surface area contributed by atoms with Gasteiger partial charge in [0, 0.05) is 0 Å². The van der Waals surface area contributed by atoms with Gasteiger partial charge in [-0.1, -0.05) is 6.07 Å². The number of rotatable bonds is 3. The fourth-order valence-corrected chi connectivity index (χ4v) is 2.77. The minimum atomic E-state index is -5.32. The van der Waals surface area contributed by atoms with Gasteiger partial charge in [-0.05, 0) is 24.6 Å². The van der Waals surface area contributed by atoms with Gasteiger partial charge in [-0.25, -0.2) is 34.8 Å². The maximum absolute atomic E-state index is 13.6. The molecule has 1 N–H and O–H groups in total. The van der Waals surface area contributed by atoms with Crippen molar-refractivity contribution in [2.45, 2.75) is 11.8 Å². The van der Waals surface area contributed by atoms with Crippen LogP contribution in [0.1, 0.15) is 6.93 Å². The van der Waals surface area contributed by atoms with Crippen LogP contribution in [0.15, 0.2) is 23.1 Å². The number of halogens is 6. The zero-order valence-corrected chi connectivity index (χ0v) is 12.0. The molecule has 0 aliphatic heterocycles. The van der Waals surface area contributed by atoms with Gasteiger partial charge < -0.3 is 0 Å². The molecule has 2 rings (SSSR count). The van der Waals surface area contributed by atoms with Crippen LogP contribution >= 0.6 is 0 Å². The van der Waals surface area contributed by atoms with Crippen molar-refractivity contribution in [2.75, 3.05) is 4.72 Å². The Bertz CT molecular complexity index is 919. The largest absolute Gasteiger partial charge is 0.279 e. The van der Waals surface area contributed by atoms with Crippen LogP contribution in [-0.2, 0) is 10.0 Å². The van der Waals surface area contributed by atoms with E-state index < -0.39 is 61.6 Å². The summed E-state index contributed by atoms with van der Waals surface area (Å²) >= 11 is 0. The molecule has 0 aliphatic carbocycles. The third kappa shape index (κ3) is 2.98. The summed E-state index contributed by atoms with van der Waals surface area (Å²) in [5, 5.41) is 0. The molecule has 0 atom stereocenters. The van der Waals surface area contributed by atoms with E-state index in [1.807, 2.05) is 0 Å². The first-order valence-electron chi connectivity index (χ1n) is 6.28. The number of aryl methyl sites for hydroxylation is 1. The van der Waals surface area contributed by atoms with Crippen LogP contribution in [0.5, 0.6) is 0 Å². The molecule has 0 aromatic heterocycles. The van der Waals surface area contributed by atoms with Crippen LogP contribution in [0.25, 0.3) is 0 Å². The van der Waals surface area contributed by atoms with Crippen LogP contribution in [0.3, 0.4) is 0 Å². The lowest BCUT2D eigenvalue weighted by Gasteiger charge is -2.11. The molecule has 0 saturated heterocycles. The molecule has 0 bridgehead atoms. The van der Waals surface area contributed by atoms with Crippen molar-refractivity contribution < 1.29 is 36.1 Å². The fourth-order valence-electron chi connectivity index (χ4n) is 1.61. The van der Waals surface area contributed by atoms with Crippen LogP contribution in [0.2, 0.25) is 0 Å². The van der Waals surface area contributed by atoms with Crippen molar-refractivity contribution in [2.24, 2.45) is 0 Å². The van der Waals surface area contributed by atoms with Gasteiger partial charge in [-0.3, -0.25) is 4.72 Å². The van der Waals surface area contributed by atoms with Crippen molar-refractivity contribution in [3.63, 3.8) is 0 Å². The van der Waals surface area contributed by atoms with Gasteiger partial charge in [0.05, 0.1) is 7.06 Å². The molecule has 0 fully saturated rings. The Labute approximate surface area is 128 Å². The second-order valence-corrected chi connectivity index (χ2v) is 6.00. The molecule has 124 valence electrons. The normalized spacial score (nSPS) is 12.2. The van der Waals surface area contributed by atoms with Crippen LogP contribution < -0.4 is 4.72 Å². The van der Waals surface area contributed by atoms with Crippen molar-refractivity contribution in [3.8, 4) is 0 Å². The molecule has 2 aromatic carbocycles. The van der Waals surface area contributed by atoms with E-state index >= 15 is 0 Å². The Hall–Kier alpha value is -2.23. The average molecular weight is 357 g/mol. The summed E-state index contributed by atoms with van der Waals surface area (Å²) in [5.41, 5.74) is -0.749. The maximum atomic E-state index is 13.6. The third-order valence-corrected chi connectivity index (χ3v) is 4.16. The zero-order valence-electron chi connectivity index (χ0n) is 12.1. The molecule has 0 spiro atoms. The monoisotopic (exact) mass is 357 g/mol. The van der Waals surface area contributed by atoms with E-state index in [4.69, 9.17) is 1.37 Å². The lowest BCUT2D eigenvalue weighted by atomic mass is 10.2. The summed E-state index contributed by atoms with van der Waals surface area (Å²) in [6.07, 6.45) is 0. The Kier molecular flexibility index (Phi) is 3.92. The van der Waals surface area contributed by atoms with E-state index in [1.165, 1.54) is 11.6 Å². The molecule has 0 amide bonds. The van der Waals surface area contributed by atoms with Crippen molar-refractivity contribution in [1.82, 2.24) is 0 Å². The first-order chi connectivity index (χ1) is 11.0. The van der Waals surface area contributed by atoms with Crippen LogP contribution in [-0.4, -0.2) is 8.42 Å². The highest BCUT2D eigenvalue weighted by Crippen LogP contribution is 2.28. The summed E-state index contributed by atoms with van der Waals surface area (Å²) in [6, 6.07) is 0.883. The predicted octanol–water partition coefficient (Wildman–Crippen LogP) is 3.63. The molecule has 0 heterocycles. The smallest absolute Gasteiger partial charge is 0.267 e. The van der Waals surface area contributed by atoms with Gasteiger partial charge in [0.1, 0.15) is 5.82 Å². The Morgan fingerprint density at radius 1 is 0.957 bits per heavy atom. The van der Waals surface area contributed by atoms with E-state index in [0.29, 0.717) is 6.07 Å². The lowest BCUT2D eigenvalue weighted by molar-refractivity contribution is 0.358. The van der Waals surface area contributed by atoms with Crippen molar-refractivity contribution >= 4 is 15.7 Å². The molecular formula is C13H7F6NO2S. The Morgan fingerprint density at radius 2 is 1.43 bits per heavy atom. The van der Waals surface area contributed by atoms with E-state index in [-0.39, 0.29) is 5.56 Å². The topological polar surface area (TPSA) is 46.2 Å². The van der Waals surface area contributed by atoms with Crippen molar-refractivity contribution in [1.29, 1.82) is 0 Å². The lowest BCUT2D eigenvalue weighted by Crippen LogP contribution is -2.19. The fraction of sp³-hybridized carbons (Fsp3) is 0.0769. The molecule has 23 heavy (non-hydrogen) atoms. The summed E-state index contributed by atoms with van der Waals surface area (Å²) in [5.74, 6) is -13.5. The molecule has 0 aliphatic rings. The van der Waals surface area contributed by atoms with E-state index in [9.17, 15) is 34.8 Å². The quantitative estimate of drug-likeness (QED) is 0.518. The molecule has 3 nitrogen and oxygen atoms in total. The molecule has 0 unspecified atom stereocenters. The number of benzene rings is 2. The molecule has 2 aromatic rings. The van der Waals surface area contributed by atoms with E-state index in [1.54, 1.807) is 0 Å². The second-order valence-electron chi connectivity index (χ2n) is 4.38. The van der Waals surface area contributed by atoms with Gasteiger partial charge in [-0.15, -0.1) is 0 Å². The highest BCUT2D eigenvalue weighted by Gasteiger charge is 2.33. The second kappa shape index (κ2) is 5.76. The minimum Gasteiger partial charge on any atom is -0.279 e. The number of anilines is 1. The summed E-state index contributed by atoms with van der Waals surface area (Å²) in [7, 11) is -5.32. The van der Waals surface area contributed by atoms with Crippen LogP contribution in [0, 0.1) is 41.8 Å². The zero-order chi connectivity index (χ0) is 18.4. The highest BCUT2D eigenvalue weighted by molar-refractivity contribution is 7.92. The molecule has 0 saturated carbocycles. The standard InChI is InChI=1S/C13H7F6NO2S/c1-5-2-3-6(4-7(5)14)20-23(21,22)13-11(18)9(16)8(15)10(17)12(13)19/h2-4,20H,1H3/i3T. The number of nitrogens with one attached hydrogen (secondary N) is 1. The highest BCUT2D eigenvalue weighted by atomic mass is 32.2. The van der Waals surface area contributed by atoms with Gasteiger partial charge in [-0.2, -0.15) is 0 Å². The molecule has 0 radical (unpaired) electrons. The average Bonchev–Trinajstić information content (AvgIpc) is 2.48. The summed E-state index contributed by atoms with van der Waals surface area (Å²) in [6.45, 7) is 1.27. The number of hydrogen-bond donors (Lipinski definition) is 1. The molecule has 10 heteroatoms. The van der Waals surface area contributed by atoms with Gasteiger partial charge in [0.25, 0.3) is 10.0 Å². The first-order valence-corrected chi connectivity index (χ1v) is 7.26. The third-order valence-electron chi connectivity index (χ3n) is 2.77. The number of hydrogen-bond acceptors (Lipinski definition) is 2. The predicted molar refractivity (Wildman–Crippen MR) is 68.2 cm³/mol. The summed E-state index contributed by atoms with van der Waals surface area (Å²) < 4.78 is 113. The molecular weight excluding hydrogens is 348 g/mol. The SMILES string of the molecule is [3H]c1cc(C)c(F)cc1NS(=O)(=O)c1c(F)c(F)c(F)c(F)c1F. The Morgan fingerprint density at radius 3 is 1.96 bits per heavy atom. The van der Waals surface area contributed by atoms with E-state index in [0.717, 1.165) is 6.07 Å². The first kappa shape index (κ1) is 15.7. The summed E-state index contributed by atoms with van der Waals surface area (Å²) in [4.78, 5) is -2.13. The Balaban J connectivity index is 2.64. The van der Waals surface area contributed by atoms with Gasteiger partial charge >= 0.3 is 0 Å². The van der Waals surface area contributed by atoms with Gasteiger partial charge in [0.2, 0.25) is 5.82 Å². The maximum Gasteiger partial charge on any atom is 0.267 e. The van der Waals surface area contributed by atoms with Crippen molar-refractivity contribution in [3.05, 3.63) is 58.6 Å².